The number of benzene rings is 2. The highest BCUT2D eigenvalue weighted by Crippen LogP contribution is 2.49. The van der Waals surface area contributed by atoms with Crippen molar-refractivity contribution in [2.75, 3.05) is 13.1 Å². The van der Waals surface area contributed by atoms with Gasteiger partial charge >= 0.3 is 0 Å². The monoisotopic (exact) mass is 504 g/mol. The van der Waals surface area contributed by atoms with Crippen molar-refractivity contribution in [1.29, 1.82) is 0 Å². The van der Waals surface area contributed by atoms with Gasteiger partial charge in [0.15, 0.2) is 0 Å². The van der Waals surface area contributed by atoms with Crippen LogP contribution in [0.1, 0.15) is 69.2 Å². The Morgan fingerprint density at radius 2 is 1.81 bits per heavy atom. The average Bonchev–Trinajstić information content (AvgIpc) is 3.34. The highest BCUT2D eigenvalue weighted by molar-refractivity contribution is 5.82. The molecule has 2 saturated heterocycles. The lowest BCUT2D eigenvalue weighted by atomic mass is 9.90. The minimum atomic E-state index is -0.730. The Hall–Kier alpha value is -2.54. The van der Waals surface area contributed by atoms with Gasteiger partial charge in [-0.15, -0.1) is 0 Å². The summed E-state index contributed by atoms with van der Waals surface area (Å²) in [5.41, 5.74) is 2.76. The number of hydrogen-bond acceptors (Lipinski definition) is 5. The fourth-order valence-electron chi connectivity index (χ4n) is 6.82. The number of fused-ring (bicyclic) bond motifs is 3. The Labute approximate surface area is 220 Å². The molecule has 198 valence electrons. The largest absolute Gasteiger partial charge is 0.392 e. The highest BCUT2D eigenvalue weighted by atomic mass is 16.5. The summed E-state index contributed by atoms with van der Waals surface area (Å²) in [7, 11) is 0. The average molecular weight is 505 g/mol. The number of nitrogens with zero attached hydrogens (tertiary/aromatic N) is 2. The summed E-state index contributed by atoms with van der Waals surface area (Å²) in [4.78, 5) is 30.7. The maximum Gasteiger partial charge on any atom is 0.228 e. The number of hydrogen-bond donors (Lipinski definition) is 1. The molecule has 1 amide bonds. The molecule has 1 N–H and O–H groups in total. The molecule has 0 spiro atoms. The van der Waals surface area contributed by atoms with Crippen LogP contribution in [0.4, 0.5) is 0 Å². The molecule has 0 aromatic heterocycles. The van der Waals surface area contributed by atoms with E-state index in [9.17, 15) is 14.7 Å². The first kappa shape index (κ1) is 26.1. The van der Waals surface area contributed by atoms with E-state index < -0.39 is 17.7 Å². The SMILES string of the molecule is CC(=O)C1CCCCN1CC(O)CC(Cc1ccccc1)C(=O)N1C2c3ccccc3CC2OC1(C)C. The van der Waals surface area contributed by atoms with Crippen molar-refractivity contribution in [3.8, 4) is 0 Å². The Kier molecular flexibility index (Phi) is 7.53. The molecule has 2 aromatic carbocycles. The number of ketones is 1. The second-order valence-electron chi connectivity index (χ2n) is 11.6. The minimum Gasteiger partial charge on any atom is -0.392 e. The van der Waals surface area contributed by atoms with Crippen LogP contribution < -0.4 is 0 Å². The maximum absolute atomic E-state index is 14.4. The lowest BCUT2D eigenvalue weighted by Crippen LogP contribution is -2.50. The maximum atomic E-state index is 14.4. The molecule has 6 heteroatoms. The van der Waals surface area contributed by atoms with Crippen molar-refractivity contribution in [3.63, 3.8) is 0 Å². The van der Waals surface area contributed by atoms with Crippen molar-refractivity contribution in [2.45, 2.75) is 89.3 Å². The van der Waals surface area contributed by atoms with Gasteiger partial charge in [0.25, 0.3) is 0 Å². The summed E-state index contributed by atoms with van der Waals surface area (Å²) in [5.74, 6) is -0.211. The number of likely N-dealkylation sites (tertiary alicyclic amines) is 1. The number of carbonyl (C=O) groups excluding carboxylic acids is 2. The molecular weight excluding hydrogens is 464 g/mol. The number of amides is 1. The summed E-state index contributed by atoms with van der Waals surface area (Å²) in [5, 5.41) is 11.3. The zero-order valence-corrected chi connectivity index (χ0v) is 22.3. The van der Waals surface area contributed by atoms with Crippen LogP contribution in [-0.2, 0) is 27.2 Å². The molecule has 6 nitrogen and oxygen atoms in total. The molecule has 0 bridgehead atoms. The number of rotatable bonds is 8. The van der Waals surface area contributed by atoms with E-state index in [0.717, 1.165) is 37.8 Å². The van der Waals surface area contributed by atoms with Gasteiger partial charge in [0.1, 0.15) is 11.5 Å². The number of Topliss-reactive ketones (excluding diaryl/α,β-unsaturated/α-hetero) is 1. The molecule has 0 saturated carbocycles. The van der Waals surface area contributed by atoms with Crippen molar-refractivity contribution in [3.05, 3.63) is 71.3 Å². The van der Waals surface area contributed by atoms with Gasteiger partial charge in [0.2, 0.25) is 5.91 Å². The van der Waals surface area contributed by atoms with Crippen LogP contribution in [0.25, 0.3) is 0 Å². The quantitative estimate of drug-likeness (QED) is 0.581. The van der Waals surface area contributed by atoms with Gasteiger partial charge in [-0.3, -0.25) is 14.5 Å². The highest BCUT2D eigenvalue weighted by Gasteiger charge is 2.54. The standard InChI is InChI=1S/C31H40N2O4/c1-21(34)27-15-9-10-16-32(27)20-25(35)18-24(17-22-11-5-4-6-12-22)30(36)33-29-26-14-8-7-13-23(26)19-28(29)37-31(33,2)3/h4-8,11-14,24-25,27-29,35H,9-10,15-20H2,1-3H3. The van der Waals surface area contributed by atoms with Gasteiger partial charge in [0.05, 0.1) is 24.3 Å². The summed E-state index contributed by atoms with van der Waals surface area (Å²) < 4.78 is 6.45. The number of aliphatic hydroxyl groups excluding tert-OH is 1. The summed E-state index contributed by atoms with van der Waals surface area (Å²) in [6.07, 6.45) is 3.88. The van der Waals surface area contributed by atoms with Crippen molar-refractivity contribution >= 4 is 11.7 Å². The van der Waals surface area contributed by atoms with Gasteiger partial charge in [-0.25, -0.2) is 0 Å². The fraction of sp³-hybridized carbons (Fsp3) is 0.548. The topological polar surface area (TPSA) is 70.1 Å². The van der Waals surface area contributed by atoms with E-state index in [2.05, 4.69) is 17.0 Å². The first-order chi connectivity index (χ1) is 17.7. The molecule has 2 heterocycles. The van der Waals surface area contributed by atoms with Crippen molar-refractivity contribution in [1.82, 2.24) is 9.80 Å². The summed E-state index contributed by atoms with van der Waals surface area (Å²) in [6, 6.07) is 18.1. The van der Waals surface area contributed by atoms with Gasteiger partial charge in [-0.1, -0.05) is 61.0 Å². The lowest BCUT2D eigenvalue weighted by Gasteiger charge is -2.38. The number of aliphatic hydroxyl groups is 1. The molecule has 5 unspecified atom stereocenters. The molecule has 2 aliphatic heterocycles. The van der Waals surface area contributed by atoms with E-state index in [4.69, 9.17) is 4.74 Å². The Morgan fingerprint density at radius 3 is 2.57 bits per heavy atom. The minimum absolute atomic E-state index is 0.0267. The predicted octanol–water partition coefficient (Wildman–Crippen LogP) is 4.30. The zero-order chi connectivity index (χ0) is 26.2. The van der Waals surface area contributed by atoms with Crippen LogP contribution in [0.5, 0.6) is 0 Å². The van der Waals surface area contributed by atoms with Gasteiger partial charge in [0, 0.05) is 18.9 Å². The smallest absolute Gasteiger partial charge is 0.228 e. The van der Waals surface area contributed by atoms with Gasteiger partial charge in [-0.05, 0) is 69.7 Å². The van der Waals surface area contributed by atoms with Crippen LogP contribution in [0.2, 0.25) is 0 Å². The third kappa shape index (κ3) is 5.38. The van der Waals surface area contributed by atoms with Crippen LogP contribution in [0.3, 0.4) is 0 Å². The molecule has 5 rings (SSSR count). The van der Waals surface area contributed by atoms with Crippen LogP contribution >= 0.6 is 0 Å². The lowest BCUT2D eigenvalue weighted by molar-refractivity contribution is -0.153. The van der Waals surface area contributed by atoms with E-state index >= 15 is 0 Å². The summed E-state index contributed by atoms with van der Waals surface area (Å²) >= 11 is 0. The number of piperidine rings is 1. The zero-order valence-electron chi connectivity index (χ0n) is 22.3. The van der Waals surface area contributed by atoms with Gasteiger partial charge in [-0.2, -0.15) is 0 Å². The van der Waals surface area contributed by atoms with Gasteiger partial charge < -0.3 is 14.7 Å². The van der Waals surface area contributed by atoms with Crippen LogP contribution in [0, 0.1) is 5.92 Å². The molecule has 5 atom stereocenters. The second-order valence-corrected chi connectivity index (χ2v) is 11.6. The molecule has 1 aliphatic carbocycles. The Bertz CT molecular complexity index is 1120. The predicted molar refractivity (Wildman–Crippen MR) is 143 cm³/mol. The van der Waals surface area contributed by atoms with E-state index in [-0.39, 0.29) is 29.9 Å². The van der Waals surface area contributed by atoms with Crippen molar-refractivity contribution in [2.24, 2.45) is 5.92 Å². The third-order valence-electron chi connectivity index (χ3n) is 8.44. The molecule has 0 radical (unpaired) electrons. The molecule has 2 fully saturated rings. The van der Waals surface area contributed by atoms with E-state index in [1.165, 1.54) is 11.1 Å². The first-order valence-corrected chi connectivity index (χ1v) is 13.8. The molecular formula is C31H40N2O4. The van der Waals surface area contributed by atoms with Crippen LogP contribution in [0.15, 0.2) is 54.6 Å². The number of ether oxygens (including phenoxy) is 1. The normalized spacial score (nSPS) is 26.4. The van der Waals surface area contributed by atoms with Crippen LogP contribution in [-0.4, -0.2) is 63.7 Å². The Morgan fingerprint density at radius 1 is 1.08 bits per heavy atom. The fourth-order valence-corrected chi connectivity index (χ4v) is 6.82. The van der Waals surface area contributed by atoms with Crippen molar-refractivity contribution < 1.29 is 19.4 Å². The number of β-amino-alcohol motifs (C(OH)–C–C–N with tert-alkyl or cyclic N) is 1. The summed E-state index contributed by atoms with van der Waals surface area (Å²) in [6.45, 7) is 6.83. The second kappa shape index (κ2) is 10.7. The third-order valence-corrected chi connectivity index (χ3v) is 8.44. The molecule has 2 aromatic rings. The molecule has 37 heavy (non-hydrogen) atoms. The molecule has 3 aliphatic rings. The Balaban J connectivity index is 1.39. The first-order valence-electron chi connectivity index (χ1n) is 13.8. The number of carbonyl (C=O) groups is 2. The van der Waals surface area contributed by atoms with E-state index in [1.807, 2.05) is 61.2 Å². The van der Waals surface area contributed by atoms with E-state index in [1.54, 1.807) is 6.92 Å². The van der Waals surface area contributed by atoms with E-state index in [0.29, 0.717) is 19.4 Å².